The Labute approximate surface area is 136 Å². The molecule has 0 radical (unpaired) electrons. The van der Waals surface area contributed by atoms with E-state index in [0.29, 0.717) is 0 Å². The Morgan fingerprint density at radius 2 is 1.96 bits per heavy atom. The molecule has 2 heterocycles. The number of nitrogens with zero attached hydrogens (tertiary/aromatic N) is 5. The summed E-state index contributed by atoms with van der Waals surface area (Å²) in [4.78, 5) is 20.8. The second-order valence-electron chi connectivity index (χ2n) is 6.08. The Bertz CT molecular complexity index is 647. The van der Waals surface area contributed by atoms with Gasteiger partial charge < -0.3 is 4.90 Å². The molecule has 0 bridgehead atoms. The van der Waals surface area contributed by atoms with Gasteiger partial charge in [-0.25, -0.2) is 9.67 Å². The maximum absolute atomic E-state index is 12.5. The number of hydrogen-bond acceptors (Lipinski definition) is 4. The van der Waals surface area contributed by atoms with Crippen LogP contribution in [-0.2, 0) is 11.3 Å². The smallest absolute Gasteiger partial charge is 0.247 e. The molecule has 6 heteroatoms. The lowest BCUT2D eigenvalue weighted by atomic mass is 10.1. The molecule has 0 saturated carbocycles. The molecule has 1 aromatic carbocycles. The highest BCUT2D eigenvalue weighted by molar-refractivity contribution is 5.80. The van der Waals surface area contributed by atoms with E-state index in [2.05, 4.69) is 46.2 Å². The van der Waals surface area contributed by atoms with E-state index in [1.807, 2.05) is 11.8 Å². The lowest BCUT2D eigenvalue weighted by Crippen LogP contribution is -2.50. The summed E-state index contributed by atoms with van der Waals surface area (Å²) in [6.07, 6.45) is 3.06. The average molecular weight is 313 g/mol. The quantitative estimate of drug-likeness (QED) is 0.858. The number of benzene rings is 1. The first-order chi connectivity index (χ1) is 11.1. The fraction of sp³-hybridized carbons (Fsp3) is 0.471. The van der Waals surface area contributed by atoms with Crippen LogP contribution in [-0.4, -0.2) is 56.7 Å². The van der Waals surface area contributed by atoms with Gasteiger partial charge in [0.1, 0.15) is 18.7 Å². The lowest BCUT2D eigenvalue weighted by molar-refractivity contribution is -0.136. The fourth-order valence-electron chi connectivity index (χ4n) is 2.95. The van der Waals surface area contributed by atoms with Crippen molar-refractivity contribution in [1.82, 2.24) is 24.6 Å². The summed E-state index contributed by atoms with van der Waals surface area (Å²) < 4.78 is 1.61. The van der Waals surface area contributed by atoms with E-state index in [1.165, 1.54) is 17.5 Å². The number of rotatable bonds is 4. The maximum Gasteiger partial charge on any atom is 0.247 e. The highest BCUT2D eigenvalue weighted by Crippen LogP contribution is 2.15. The molecule has 2 aromatic rings. The number of carbonyl (C=O) groups excluding carboxylic acids is 1. The molecule has 1 aliphatic heterocycles. The third-order valence-corrected chi connectivity index (χ3v) is 4.53. The first kappa shape index (κ1) is 15.7. The lowest BCUT2D eigenvalue weighted by Gasteiger charge is -2.36. The molecule has 1 unspecified atom stereocenters. The Balaban J connectivity index is 1.54. The number of piperazine rings is 1. The Hall–Kier alpha value is -2.21. The minimum Gasteiger partial charge on any atom is -0.338 e. The summed E-state index contributed by atoms with van der Waals surface area (Å²) in [7, 11) is 0. The number of aryl methyl sites for hydroxylation is 1. The van der Waals surface area contributed by atoms with Crippen LogP contribution in [0.4, 0.5) is 0 Å². The molecule has 0 N–H and O–H groups in total. The van der Waals surface area contributed by atoms with Gasteiger partial charge in [-0.05, 0) is 25.0 Å². The number of carbonyl (C=O) groups is 1. The van der Waals surface area contributed by atoms with Crippen LogP contribution in [0.1, 0.15) is 24.1 Å². The molecule has 1 aliphatic rings. The van der Waals surface area contributed by atoms with Gasteiger partial charge in [0, 0.05) is 32.7 Å². The highest BCUT2D eigenvalue weighted by Gasteiger charge is 2.26. The zero-order valence-electron chi connectivity index (χ0n) is 13.7. The van der Waals surface area contributed by atoms with Gasteiger partial charge in [0.15, 0.2) is 0 Å². The summed E-state index contributed by atoms with van der Waals surface area (Å²) in [5.41, 5.74) is 2.69. The molecule has 1 atom stereocenters. The van der Waals surface area contributed by atoms with E-state index >= 15 is 0 Å². The van der Waals surface area contributed by atoms with E-state index < -0.39 is 0 Å². The van der Waals surface area contributed by atoms with E-state index in [4.69, 9.17) is 0 Å². The minimum atomic E-state index is -0.291. The SMILES string of the molecule is Cc1ccccc1CN1CCN(C(=O)C(C)n2cncn2)CC1. The van der Waals surface area contributed by atoms with Crippen LogP contribution in [0.2, 0.25) is 0 Å². The van der Waals surface area contributed by atoms with E-state index in [9.17, 15) is 4.79 Å². The molecule has 1 aromatic heterocycles. The summed E-state index contributed by atoms with van der Waals surface area (Å²) in [6.45, 7) is 8.32. The average Bonchev–Trinajstić information content (AvgIpc) is 3.11. The van der Waals surface area contributed by atoms with Crippen LogP contribution in [0.5, 0.6) is 0 Å². The number of amides is 1. The van der Waals surface area contributed by atoms with Crippen LogP contribution in [0, 0.1) is 6.92 Å². The van der Waals surface area contributed by atoms with Crippen molar-refractivity contribution in [1.29, 1.82) is 0 Å². The van der Waals surface area contributed by atoms with Gasteiger partial charge in [0.05, 0.1) is 0 Å². The highest BCUT2D eigenvalue weighted by atomic mass is 16.2. The van der Waals surface area contributed by atoms with Gasteiger partial charge in [0.25, 0.3) is 0 Å². The standard InChI is InChI=1S/C17H23N5O/c1-14-5-3-4-6-16(14)11-20-7-9-21(10-8-20)17(23)15(2)22-13-18-12-19-22/h3-6,12-13,15H,7-11H2,1-2H3. The molecule has 0 aliphatic carbocycles. The van der Waals surface area contributed by atoms with Crippen LogP contribution in [0.15, 0.2) is 36.9 Å². The second kappa shape index (κ2) is 6.91. The van der Waals surface area contributed by atoms with Crippen molar-refractivity contribution in [2.75, 3.05) is 26.2 Å². The minimum absolute atomic E-state index is 0.117. The largest absolute Gasteiger partial charge is 0.338 e. The molecule has 3 rings (SSSR count). The molecule has 1 saturated heterocycles. The summed E-state index contributed by atoms with van der Waals surface area (Å²) in [6, 6.07) is 8.19. The van der Waals surface area contributed by atoms with E-state index in [0.717, 1.165) is 32.7 Å². The summed E-state index contributed by atoms with van der Waals surface area (Å²) >= 11 is 0. The molecule has 1 amide bonds. The van der Waals surface area contributed by atoms with Gasteiger partial charge in [-0.15, -0.1) is 0 Å². The van der Waals surface area contributed by atoms with Crippen molar-refractivity contribution in [2.24, 2.45) is 0 Å². The van der Waals surface area contributed by atoms with Crippen LogP contribution in [0.25, 0.3) is 0 Å². The van der Waals surface area contributed by atoms with E-state index in [1.54, 1.807) is 11.0 Å². The number of hydrogen-bond donors (Lipinski definition) is 0. The van der Waals surface area contributed by atoms with Gasteiger partial charge in [0.2, 0.25) is 5.91 Å². The Morgan fingerprint density at radius 1 is 1.22 bits per heavy atom. The van der Waals surface area contributed by atoms with Crippen molar-refractivity contribution in [3.63, 3.8) is 0 Å². The van der Waals surface area contributed by atoms with Gasteiger partial charge >= 0.3 is 0 Å². The summed E-state index contributed by atoms with van der Waals surface area (Å²) in [5.74, 6) is 0.117. The number of aromatic nitrogens is 3. The van der Waals surface area contributed by atoms with Crippen molar-refractivity contribution >= 4 is 5.91 Å². The third-order valence-electron chi connectivity index (χ3n) is 4.53. The Morgan fingerprint density at radius 3 is 2.61 bits per heavy atom. The molecule has 6 nitrogen and oxygen atoms in total. The molecular weight excluding hydrogens is 290 g/mol. The van der Waals surface area contributed by atoms with E-state index in [-0.39, 0.29) is 11.9 Å². The normalized spacial score (nSPS) is 17.2. The zero-order valence-corrected chi connectivity index (χ0v) is 13.7. The van der Waals surface area contributed by atoms with Gasteiger partial charge in [-0.3, -0.25) is 9.69 Å². The van der Waals surface area contributed by atoms with Crippen LogP contribution in [0.3, 0.4) is 0 Å². The van der Waals surface area contributed by atoms with Gasteiger partial charge in [-0.2, -0.15) is 5.10 Å². The van der Waals surface area contributed by atoms with Crippen LogP contribution >= 0.6 is 0 Å². The van der Waals surface area contributed by atoms with Crippen molar-refractivity contribution in [2.45, 2.75) is 26.4 Å². The monoisotopic (exact) mass is 313 g/mol. The first-order valence-corrected chi connectivity index (χ1v) is 8.05. The van der Waals surface area contributed by atoms with Crippen molar-refractivity contribution in [3.8, 4) is 0 Å². The molecule has 23 heavy (non-hydrogen) atoms. The second-order valence-corrected chi connectivity index (χ2v) is 6.08. The first-order valence-electron chi connectivity index (χ1n) is 8.05. The summed E-state index contributed by atoms with van der Waals surface area (Å²) in [5, 5.41) is 4.06. The third kappa shape index (κ3) is 3.59. The van der Waals surface area contributed by atoms with Crippen molar-refractivity contribution < 1.29 is 4.79 Å². The predicted octanol–water partition coefficient (Wildman–Crippen LogP) is 1.49. The topological polar surface area (TPSA) is 54.3 Å². The molecular formula is C17H23N5O. The zero-order chi connectivity index (χ0) is 16.2. The Kier molecular flexibility index (Phi) is 4.71. The van der Waals surface area contributed by atoms with Crippen molar-refractivity contribution in [3.05, 3.63) is 48.0 Å². The maximum atomic E-state index is 12.5. The predicted molar refractivity (Wildman–Crippen MR) is 87.8 cm³/mol. The van der Waals surface area contributed by atoms with Crippen LogP contribution < -0.4 is 0 Å². The molecule has 122 valence electrons. The molecule has 0 spiro atoms. The van der Waals surface area contributed by atoms with Gasteiger partial charge in [-0.1, -0.05) is 24.3 Å². The molecule has 1 fully saturated rings. The fourth-order valence-corrected chi connectivity index (χ4v) is 2.95.